The van der Waals surface area contributed by atoms with E-state index < -0.39 is 0 Å². The molecule has 1 atom stereocenters. The number of hydrogen-bond donors (Lipinski definition) is 0. The first kappa shape index (κ1) is 14.1. The Labute approximate surface area is 78.2 Å². The maximum absolute atomic E-state index is 4.60. The van der Waals surface area contributed by atoms with Gasteiger partial charge in [0, 0.05) is 6.04 Å². The van der Waals surface area contributed by atoms with Gasteiger partial charge in [0.1, 0.15) is 0 Å². The minimum atomic E-state index is 0.764. The van der Waals surface area contributed by atoms with Crippen molar-refractivity contribution in [1.29, 1.82) is 0 Å². The molecule has 1 unspecified atom stereocenters. The quantitative estimate of drug-likeness (QED) is 0.585. The lowest BCUT2D eigenvalue weighted by Gasteiger charge is -2.24. The summed E-state index contributed by atoms with van der Waals surface area (Å²) in [4.78, 5) is 2.47. The van der Waals surface area contributed by atoms with Crippen molar-refractivity contribution in [1.82, 2.24) is 4.90 Å². The summed E-state index contributed by atoms with van der Waals surface area (Å²) in [7, 11) is 0. The fourth-order valence-corrected chi connectivity index (χ4v) is 1.11. The molecule has 0 aromatic heterocycles. The average molecular weight is 169 g/mol. The van der Waals surface area contributed by atoms with E-state index in [1.807, 2.05) is 0 Å². The van der Waals surface area contributed by atoms with Crippen LogP contribution in [-0.2, 0) is 0 Å². The highest BCUT2D eigenvalue weighted by atomic mass is 15.1. The van der Waals surface area contributed by atoms with Crippen molar-refractivity contribution in [3.05, 3.63) is 0 Å². The van der Waals surface area contributed by atoms with Gasteiger partial charge in [-0.05, 0) is 33.4 Å². The first-order valence-electron chi connectivity index (χ1n) is 4.79. The van der Waals surface area contributed by atoms with Crippen LogP contribution in [0.2, 0.25) is 0 Å². The van der Waals surface area contributed by atoms with Crippen molar-refractivity contribution in [2.45, 2.75) is 47.1 Å². The van der Waals surface area contributed by atoms with Crippen molar-refractivity contribution in [2.75, 3.05) is 13.1 Å². The Hall–Kier alpha value is -0.480. The molecule has 0 saturated carbocycles. The van der Waals surface area contributed by atoms with Gasteiger partial charge < -0.3 is 4.90 Å². The monoisotopic (exact) mass is 169 g/mol. The van der Waals surface area contributed by atoms with Gasteiger partial charge in [-0.15, -0.1) is 12.3 Å². The lowest BCUT2D eigenvalue weighted by molar-refractivity contribution is 0.226. The molecule has 0 aliphatic carbocycles. The van der Waals surface area contributed by atoms with Crippen LogP contribution in [0.15, 0.2) is 0 Å². The third kappa shape index (κ3) is 7.63. The highest BCUT2D eigenvalue weighted by molar-refractivity contribution is 4.73. The minimum Gasteiger partial charge on any atom is -0.301 e. The van der Waals surface area contributed by atoms with E-state index in [9.17, 15) is 0 Å². The van der Waals surface area contributed by atoms with E-state index in [-0.39, 0.29) is 0 Å². The second-order valence-corrected chi connectivity index (χ2v) is 2.77. The first-order valence-corrected chi connectivity index (χ1v) is 4.79. The molecule has 0 aliphatic heterocycles. The number of hydrogen-bond acceptors (Lipinski definition) is 1. The molecule has 0 aromatic carbocycles. The van der Waals surface area contributed by atoms with Crippen molar-refractivity contribution in [3.63, 3.8) is 0 Å². The van der Waals surface area contributed by atoms with Crippen LogP contribution in [0.3, 0.4) is 0 Å². The lowest BCUT2D eigenvalue weighted by Crippen LogP contribution is -2.31. The topological polar surface area (TPSA) is 3.24 Å². The van der Waals surface area contributed by atoms with Gasteiger partial charge in [0.25, 0.3) is 0 Å². The standard InChI is InChI=1S/C8H19N.C3H4/c1-5-8(4)9(6-2)7-3;1-3-2/h8H,5-7H2,1-4H3;1H,2H3. The maximum Gasteiger partial charge on any atom is 0.00640 e. The van der Waals surface area contributed by atoms with Crippen molar-refractivity contribution in [2.24, 2.45) is 0 Å². The molecular formula is C11H23N. The number of rotatable bonds is 4. The third-order valence-electron chi connectivity index (χ3n) is 2.03. The van der Waals surface area contributed by atoms with Gasteiger partial charge in [0.15, 0.2) is 0 Å². The fourth-order valence-electron chi connectivity index (χ4n) is 1.11. The Morgan fingerprint density at radius 3 is 1.67 bits per heavy atom. The predicted octanol–water partition coefficient (Wildman–Crippen LogP) is 2.77. The van der Waals surface area contributed by atoms with Crippen LogP contribution in [0.1, 0.15) is 41.0 Å². The molecule has 0 radical (unpaired) electrons. The van der Waals surface area contributed by atoms with Crippen LogP contribution in [0.4, 0.5) is 0 Å². The lowest BCUT2D eigenvalue weighted by atomic mass is 10.2. The first-order chi connectivity index (χ1) is 5.67. The SMILES string of the molecule is C#CC.CCC(C)N(CC)CC. The third-order valence-corrected chi connectivity index (χ3v) is 2.03. The summed E-state index contributed by atoms with van der Waals surface area (Å²) in [5, 5.41) is 0. The highest BCUT2D eigenvalue weighted by Gasteiger charge is 2.05. The van der Waals surface area contributed by atoms with Gasteiger partial charge in [0.2, 0.25) is 0 Å². The molecule has 0 aromatic rings. The van der Waals surface area contributed by atoms with E-state index in [0.717, 1.165) is 6.04 Å². The molecule has 12 heavy (non-hydrogen) atoms. The van der Waals surface area contributed by atoms with Gasteiger partial charge in [-0.3, -0.25) is 0 Å². The number of nitrogens with zero attached hydrogens (tertiary/aromatic N) is 1. The Bertz CT molecular complexity index is 109. The van der Waals surface area contributed by atoms with E-state index in [1.165, 1.54) is 19.5 Å². The van der Waals surface area contributed by atoms with Crippen LogP contribution in [0.25, 0.3) is 0 Å². The summed E-state index contributed by atoms with van der Waals surface area (Å²) >= 11 is 0. The smallest absolute Gasteiger partial charge is 0.00640 e. The summed E-state index contributed by atoms with van der Waals surface area (Å²) in [6, 6.07) is 0.764. The van der Waals surface area contributed by atoms with Crippen LogP contribution >= 0.6 is 0 Å². The summed E-state index contributed by atoms with van der Waals surface area (Å²) < 4.78 is 0. The summed E-state index contributed by atoms with van der Waals surface area (Å²) in [5.74, 6) is 2.25. The van der Waals surface area contributed by atoms with E-state index in [4.69, 9.17) is 0 Å². The molecule has 0 heterocycles. The van der Waals surface area contributed by atoms with Crippen LogP contribution in [-0.4, -0.2) is 24.0 Å². The maximum atomic E-state index is 4.60. The molecule has 0 bridgehead atoms. The zero-order valence-electron chi connectivity index (χ0n) is 9.22. The molecule has 0 fully saturated rings. The Balaban J connectivity index is 0. The zero-order valence-corrected chi connectivity index (χ0v) is 9.22. The molecular weight excluding hydrogens is 146 g/mol. The van der Waals surface area contributed by atoms with Crippen LogP contribution < -0.4 is 0 Å². The zero-order chi connectivity index (χ0) is 9.98. The van der Waals surface area contributed by atoms with E-state index >= 15 is 0 Å². The van der Waals surface area contributed by atoms with Crippen LogP contribution in [0, 0.1) is 12.3 Å². The van der Waals surface area contributed by atoms with E-state index in [0.29, 0.717) is 0 Å². The molecule has 0 spiro atoms. The summed E-state index contributed by atoms with van der Waals surface area (Å²) in [6.45, 7) is 13.0. The number of terminal acetylenes is 1. The van der Waals surface area contributed by atoms with Gasteiger partial charge in [-0.25, -0.2) is 0 Å². The molecule has 0 rings (SSSR count). The molecule has 1 nitrogen and oxygen atoms in total. The molecule has 0 N–H and O–H groups in total. The molecule has 1 heteroatoms. The summed E-state index contributed by atoms with van der Waals surface area (Å²) in [6.07, 6.45) is 5.86. The molecule has 72 valence electrons. The van der Waals surface area contributed by atoms with Crippen molar-refractivity contribution < 1.29 is 0 Å². The summed E-state index contributed by atoms with van der Waals surface area (Å²) in [5.41, 5.74) is 0. The Kier molecular flexibility index (Phi) is 12.3. The Morgan fingerprint density at radius 1 is 1.25 bits per heavy atom. The van der Waals surface area contributed by atoms with Gasteiger partial charge in [0.05, 0.1) is 0 Å². The second kappa shape index (κ2) is 10.5. The average Bonchev–Trinajstić information content (AvgIpc) is 2.08. The van der Waals surface area contributed by atoms with E-state index in [1.54, 1.807) is 6.92 Å². The largest absolute Gasteiger partial charge is 0.301 e. The Morgan fingerprint density at radius 2 is 1.58 bits per heavy atom. The van der Waals surface area contributed by atoms with E-state index in [2.05, 4.69) is 44.9 Å². The van der Waals surface area contributed by atoms with Crippen molar-refractivity contribution in [3.8, 4) is 12.3 Å². The highest BCUT2D eigenvalue weighted by Crippen LogP contribution is 2.00. The predicted molar refractivity (Wildman–Crippen MR) is 57.2 cm³/mol. The fraction of sp³-hybridized carbons (Fsp3) is 0.818. The molecule has 0 amide bonds. The molecule has 0 saturated heterocycles. The van der Waals surface area contributed by atoms with Gasteiger partial charge in [-0.2, -0.15) is 0 Å². The second-order valence-electron chi connectivity index (χ2n) is 2.77. The minimum absolute atomic E-state index is 0.764. The van der Waals surface area contributed by atoms with Gasteiger partial charge in [-0.1, -0.05) is 20.8 Å². The normalized spacial score (nSPS) is 11.4. The van der Waals surface area contributed by atoms with Gasteiger partial charge >= 0.3 is 0 Å². The molecule has 0 aliphatic rings. The van der Waals surface area contributed by atoms with Crippen molar-refractivity contribution >= 4 is 0 Å². The van der Waals surface area contributed by atoms with Crippen LogP contribution in [0.5, 0.6) is 0 Å².